The van der Waals surface area contributed by atoms with Crippen molar-refractivity contribution in [2.24, 2.45) is 0 Å². The largest absolute Gasteiger partial charge is 0.382 e. The molecule has 2 aromatic rings. The SMILES string of the molecule is C=C1CCC(=O)N1OC(=O)Cc1ccc2c(c1)C(C)(CCOCCOC)\C(=C/C=C/C=C/C1=[N+](CCOCCOC)c3ccccc3C1(C)CCOCCOC)N2CCCOCCOC. The highest BCUT2D eigenvalue weighted by atomic mass is 16.7. The fraction of sp³-hybridized carbons (Fsp3) is 0.549. The first kappa shape index (κ1) is 51.5. The number of benzene rings is 2. The lowest BCUT2D eigenvalue weighted by molar-refractivity contribution is -0.442. The first-order valence-corrected chi connectivity index (χ1v) is 22.8. The van der Waals surface area contributed by atoms with E-state index in [-0.39, 0.29) is 24.2 Å². The van der Waals surface area contributed by atoms with Gasteiger partial charge in [-0.2, -0.15) is 4.58 Å². The van der Waals surface area contributed by atoms with Crippen LogP contribution in [0.3, 0.4) is 0 Å². The molecule has 0 radical (unpaired) electrons. The number of hydrogen-bond donors (Lipinski definition) is 0. The van der Waals surface area contributed by atoms with Gasteiger partial charge in [-0.25, -0.2) is 4.79 Å². The van der Waals surface area contributed by atoms with Gasteiger partial charge in [-0.3, -0.25) is 4.79 Å². The van der Waals surface area contributed by atoms with Crippen molar-refractivity contribution in [1.82, 2.24) is 5.06 Å². The van der Waals surface area contributed by atoms with Crippen LogP contribution >= 0.6 is 0 Å². The Hall–Kier alpha value is -4.51. The molecular weight excluding hydrogens is 831 g/mol. The minimum absolute atomic E-state index is 0.000949. The molecule has 0 aromatic heterocycles. The van der Waals surface area contributed by atoms with Crippen molar-refractivity contribution < 1.29 is 56.9 Å². The van der Waals surface area contributed by atoms with Crippen molar-refractivity contribution in [2.45, 2.75) is 63.2 Å². The number of methoxy groups -OCH3 is 4. The Labute approximate surface area is 386 Å². The lowest BCUT2D eigenvalue weighted by atomic mass is 9.76. The number of anilines is 1. The topological polar surface area (TPSA) is 127 Å². The molecular formula is C51H72N3O11+. The van der Waals surface area contributed by atoms with Crippen molar-refractivity contribution in [3.05, 3.63) is 108 Å². The molecule has 1 fully saturated rings. The highest BCUT2D eigenvalue weighted by molar-refractivity contribution is 6.03. The number of ether oxygens (including phenoxy) is 8. The second-order valence-corrected chi connectivity index (χ2v) is 16.7. The minimum atomic E-state index is -0.519. The van der Waals surface area contributed by atoms with Crippen LogP contribution in [-0.2, 0) is 69.6 Å². The zero-order valence-electron chi connectivity index (χ0n) is 39.6. The summed E-state index contributed by atoms with van der Waals surface area (Å²) in [4.78, 5) is 33.4. The molecule has 0 aliphatic carbocycles. The van der Waals surface area contributed by atoms with E-state index >= 15 is 0 Å². The number of carbonyl (C=O) groups excluding carboxylic acids is 2. The van der Waals surface area contributed by atoms with Crippen molar-refractivity contribution in [3.8, 4) is 0 Å². The summed E-state index contributed by atoms with van der Waals surface area (Å²) in [5.74, 6) is -0.780. The summed E-state index contributed by atoms with van der Waals surface area (Å²) in [5.41, 5.74) is 7.33. The molecule has 65 heavy (non-hydrogen) atoms. The quantitative estimate of drug-likeness (QED) is 0.0450. The van der Waals surface area contributed by atoms with Gasteiger partial charge in [-0.05, 0) is 62.8 Å². The molecule has 3 aliphatic heterocycles. The van der Waals surface area contributed by atoms with E-state index in [2.05, 4.69) is 96.7 Å². The smallest absolute Gasteiger partial charge is 0.337 e. The molecule has 0 bridgehead atoms. The Morgan fingerprint density at radius 3 is 2.00 bits per heavy atom. The van der Waals surface area contributed by atoms with E-state index in [1.165, 1.54) is 17.0 Å². The van der Waals surface area contributed by atoms with Gasteiger partial charge in [0, 0.05) is 95.7 Å². The molecule has 1 saturated heterocycles. The molecule has 3 heterocycles. The van der Waals surface area contributed by atoms with Crippen molar-refractivity contribution in [2.75, 3.05) is 126 Å². The molecule has 356 valence electrons. The van der Waals surface area contributed by atoms with Crippen molar-refractivity contribution >= 4 is 29.0 Å². The maximum absolute atomic E-state index is 13.2. The van der Waals surface area contributed by atoms with Crippen LogP contribution < -0.4 is 4.90 Å². The molecule has 2 unspecified atom stereocenters. The van der Waals surface area contributed by atoms with Crippen LogP contribution in [0.4, 0.5) is 11.4 Å². The number of carbonyl (C=O) groups is 2. The number of allylic oxidation sites excluding steroid dienone is 7. The molecule has 1 amide bonds. The van der Waals surface area contributed by atoms with Crippen LogP contribution in [0.1, 0.15) is 62.6 Å². The number of nitrogens with zero attached hydrogens (tertiary/aromatic N) is 3. The number of para-hydroxylation sites is 1. The Morgan fingerprint density at radius 1 is 0.723 bits per heavy atom. The standard InChI is InChI=1S/C51H72N3O11/c1-40-18-21-48(55)54(40)65-49(56)39-41-19-20-45-43(38-41)51(3,23-28-63-36-32-59-6)47(52(45)24-13-26-61-34-30-57-4)17-10-8-9-16-46-50(2,22-27-62-35-31-58-5)42-14-11-12-15-44(42)53(46)25-29-64-37-33-60-7/h8-12,14-17,19-20,38H,1,13,18,21-37,39H2,2-7H3/q+1. The van der Waals surface area contributed by atoms with E-state index in [4.69, 9.17) is 42.7 Å². The van der Waals surface area contributed by atoms with E-state index in [1.807, 2.05) is 6.07 Å². The molecule has 0 spiro atoms. The Bertz CT molecular complexity index is 1980. The molecule has 14 nitrogen and oxygen atoms in total. The highest BCUT2D eigenvalue weighted by Gasteiger charge is 2.47. The van der Waals surface area contributed by atoms with Crippen molar-refractivity contribution in [3.63, 3.8) is 0 Å². The number of hydroxylamine groups is 2. The summed E-state index contributed by atoms with van der Waals surface area (Å²) in [6.45, 7) is 16.2. The average molecular weight is 903 g/mol. The predicted octanol–water partition coefficient (Wildman–Crippen LogP) is 6.78. The lowest BCUT2D eigenvalue weighted by Crippen LogP contribution is -2.33. The third-order valence-corrected chi connectivity index (χ3v) is 12.2. The first-order valence-electron chi connectivity index (χ1n) is 22.8. The second-order valence-electron chi connectivity index (χ2n) is 16.7. The van der Waals surface area contributed by atoms with E-state index < -0.39 is 11.4 Å². The van der Waals surface area contributed by atoms with Gasteiger partial charge in [0.2, 0.25) is 5.69 Å². The Balaban J connectivity index is 1.47. The third-order valence-electron chi connectivity index (χ3n) is 12.2. The summed E-state index contributed by atoms with van der Waals surface area (Å²) < 4.78 is 47.3. The van der Waals surface area contributed by atoms with Gasteiger partial charge < -0.3 is 47.6 Å². The highest BCUT2D eigenvalue weighted by Crippen LogP contribution is 2.50. The summed E-state index contributed by atoms with van der Waals surface area (Å²) in [6.07, 6.45) is 13.7. The van der Waals surface area contributed by atoms with Crippen LogP contribution in [-0.4, -0.2) is 148 Å². The van der Waals surface area contributed by atoms with Crippen LogP contribution in [0, 0.1) is 0 Å². The van der Waals surface area contributed by atoms with Crippen LogP contribution in [0.2, 0.25) is 0 Å². The molecule has 2 aromatic carbocycles. The first-order chi connectivity index (χ1) is 31.6. The van der Waals surface area contributed by atoms with Crippen LogP contribution in [0.5, 0.6) is 0 Å². The van der Waals surface area contributed by atoms with E-state index in [9.17, 15) is 9.59 Å². The molecule has 0 saturated carbocycles. The maximum Gasteiger partial charge on any atom is 0.337 e. The van der Waals surface area contributed by atoms with Crippen LogP contribution in [0.15, 0.2) is 90.8 Å². The van der Waals surface area contributed by atoms with Gasteiger partial charge in [0.25, 0.3) is 5.91 Å². The summed E-state index contributed by atoms with van der Waals surface area (Å²) in [5, 5.41) is 1.04. The molecule has 3 aliphatic rings. The normalized spacial score (nSPS) is 20.1. The van der Waals surface area contributed by atoms with Gasteiger partial charge in [0.15, 0.2) is 12.3 Å². The summed E-state index contributed by atoms with van der Waals surface area (Å²) >= 11 is 0. The maximum atomic E-state index is 13.2. The minimum Gasteiger partial charge on any atom is -0.382 e. The fourth-order valence-electron chi connectivity index (χ4n) is 8.65. The van der Waals surface area contributed by atoms with E-state index in [1.54, 1.807) is 28.4 Å². The molecule has 2 atom stereocenters. The summed E-state index contributed by atoms with van der Waals surface area (Å²) in [7, 11) is 6.70. The van der Waals surface area contributed by atoms with E-state index in [0.717, 1.165) is 40.4 Å². The second kappa shape index (κ2) is 26.6. The fourth-order valence-corrected chi connectivity index (χ4v) is 8.65. The molecule has 5 rings (SSSR count). The number of hydrogen-bond acceptors (Lipinski definition) is 12. The average Bonchev–Trinajstić information content (AvgIpc) is 3.83. The summed E-state index contributed by atoms with van der Waals surface area (Å²) in [6, 6.07) is 14.7. The number of rotatable bonds is 31. The lowest BCUT2D eigenvalue weighted by Gasteiger charge is -2.30. The monoisotopic (exact) mass is 903 g/mol. The van der Waals surface area contributed by atoms with Gasteiger partial charge >= 0.3 is 5.97 Å². The zero-order chi connectivity index (χ0) is 46.5. The van der Waals surface area contributed by atoms with E-state index in [0.29, 0.717) is 111 Å². The molecule has 0 N–H and O–H groups in total. The van der Waals surface area contributed by atoms with Gasteiger partial charge in [0.05, 0.1) is 70.4 Å². The van der Waals surface area contributed by atoms with Crippen molar-refractivity contribution in [1.29, 1.82) is 0 Å². The number of fused-ring (bicyclic) bond motifs is 2. The Morgan fingerprint density at radius 2 is 1.35 bits per heavy atom. The van der Waals surface area contributed by atoms with Gasteiger partial charge in [-0.15, -0.1) is 5.06 Å². The Kier molecular flexibility index (Phi) is 21.1. The number of amides is 1. The zero-order valence-corrected chi connectivity index (χ0v) is 39.6. The van der Waals surface area contributed by atoms with Gasteiger partial charge in [0.1, 0.15) is 6.61 Å². The van der Waals surface area contributed by atoms with Crippen LogP contribution in [0.25, 0.3) is 0 Å². The van der Waals surface area contributed by atoms with Gasteiger partial charge in [-0.1, -0.05) is 55.1 Å². The predicted molar refractivity (Wildman–Crippen MR) is 251 cm³/mol. The molecule has 14 heteroatoms. The third kappa shape index (κ3) is 13.8.